The molecule has 606 valence electrons. The Labute approximate surface area is 590 Å². The lowest BCUT2D eigenvalue weighted by Crippen LogP contribution is -2.69. The zero-order valence-electron chi connectivity index (χ0n) is 54.7. The van der Waals surface area contributed by atoms with Gasteiger partial charge in [-0.15, -0.1) is 5.10 Å². The molecule has 44 atom stereocenters. The van der Waals surface area contributed by atoms with E-state index in [4.69, 9.17) is 91.4 Å². The van der Waals surface area contributed by atoms with Crippen LogP contribution in [0.15, 0.2) is 6.33 Å². The number of carbonyl (C=O) groups excluding carboxylic acids is 1. The maximum absolute atomic E-state index is 11.4. The smallest absolute Gasteiger partial charge is 0.288 e. The Morgan fingerprint density at radius 1 is 0.267 bits per heavy atom. The van der Waals surface area contributed by atoms with Crippen LogP contribution in [0.3, 0.4) is 0 Å². The van der Waals surface area contributed by atoms with Gasteiger partial charge in [-0.2, -0.15) is 0 Å². The molecule has 40 unspecified atom stereocenters. The van der Waals surface area contributed by atoms with Crippen LogP contribution in [0.4, 0.5) is 0 Å². The van der Waals surface area contributed by atoms with Gasteiger partial charge in [-0.1, -0.05) is 0 Å². The molecule has 49 nitrogen and oxygen atoms in total. The molecular formula is C56H92N4O45. The summed E-state index contributed by atoms with van der Waals surface area (Å²) < 4.78 is 97.3. The molecule has 0 aromatic carbocycles. The normalized spacial score (nSPS) is 51.7. The number of nitrogens with two attached hydrogens (primary N) is 1. The molecule has 32 heterocycles. The number of aliphatic hydroxyl groups is 27. The Morgan fingerprint density at radius 3 is 0.590 bits per heavy atom. The Hall–Kier alpha value is -3.15. The molecule has 1 amide bonds. The number of primary amides is 1. The van der Waals surface area contributed by atoms with Crippen molar-refractivity contribution in [2.45, 2.75) is 270 Å². The molecule has 16 bridgehead atoms. The van der Waals surface area contributed by atoms with Crippen LogP contribution in [-0.2, 0) is 80.5 Å². The molecule has 31 saturated heterocycles. The minimum atomic E-state index is -2.25. The first-order valence-electron chi connectivity index (χ1n) is 33.0. The molecule has 29 N–H and O–H groups in total. The molecule has 31 aliphatic heterocycles. The minimum absolute atomic E-state index is 0.220. The molecule has 0 saturated carbocycles. The van der Waals surface area contributed by atoms with Gasteiger partial charge in [0.2, 0.25) is 5.82 Å². The number of amides is 1. The Bertz CT molecular complexity index is 2410. The summed E-state index contributed by atoms with van der Waals surface area (Å²) in [6.07, 6.45) is -85.2. The van der Waals surface area contributed by atoms with E-state index < -0.39 is 336 Å². The van der Waals surface area contributed by atoms with Crippen molar-refractivity contribution in [1.82, 2.24) is 14.8 Å². The van der Waals surface area contributed by atoms with Crippen molar-refractivity contribution in [3.05, 3.63) is 12.2 Å². The van der Waals surface area contributed by atoms with E-state index in [1.54, 1.807) is 0 Å². The molecule has 105 heavy (non-hydrogen) atoms. The SMILES string of the molecule is NC(=O)c1ncn([C@@H]2O[C@H](CO)[C@@H](O)[C@H]2O)n1.OCC1OC2OC3C(CO)OC(OC4C(CO)OC(OC5C(CO)OC(OC6C(CO)OC(OC7C(CO)OC(OC8C(CO)OC(OC9C(CO)OC(OC1C(O)C2O)C(O)C9O)C(O)C8O)C(O)C7O)C(O)C6O)C(O)C5O)C(O)C4O)C(O)C3O. The fourth-order valence-electron chi connectivity index (χ4n) is 13.5. The van der Waals surface area contributed by atoms with Crippen molar-refractivity contribution in [1.29, 1.82) is 0 Å². The molecule has 0 radical (unpaired) electrons. The average molecular weight is 1540 g/mol. The van der Waals surface area contributed by atoms with Crippen LogP contribution in [0, 0.1) is 0 Å². The lowest BCUT2D eigenvalue weighted by molar-refractivity contribution is -0.404. The highest BCUT2D eigenvalue weighted by Crippen LogP contribution is 2.40. The number of ether oxygens (including phenoxy) is 17. The van der Waals surface area contributed by atoms with Crippen LogP contribution in [0.1, 0.15) is 16.8 Å². The summed E-state index contributed by atoms with van der Waals surface area (Å²) in [6, 6.07) is 0. The molecule has 32 rings (SSSR count). The average Bonchev–Trinajstić information content (AvgIpc) is 1.44. The first-order chi connectivity index (χ1) is 49.9. The molecule has 1 aromatic heterocycles. The van der Waals surface area contributed by atoms with Crippen molar-refractivity contribution in [2.75, 3.05) is 59.5 Å². The second-order valence-corrected chi connectivity index (χ2v) is 26.1. The number of hydrogen-bond acceptors (Lipinski definition) is 47. The highest BCUT2D eigenvalue weighted by atomic mass is 16.8. The van der Waals surface area contributed by atoms with Gasteiger partial charge >= 0.3 is 0 Å². The summed E-state index contributed by atoms with van der Waals surface area (Å²) in [7, 11) is 0. The lowest BCUT2D eigenvalue weighted by atomic mass is 9.94. The van der Waals surface area contributed by atoms with Crippen molar-refractivity contribution in [3.8, 4) is 0 Å². The number of rotatable bonds is 11. The van der Waals surface area contributed by atoms with Gasteiger partial charge in [-0.05, 0) is 0 Å². The minimum Gasteiger partial charge on any atom is -0.394 e. The van der Waals surface area contributed by atoms with Gasteiger partial charge in [0.25, 0.3) is 5.91 Å². The van der Waals surface area contributed by atoms with Crippen molar-refractivity contribution in [2.24, 2.45) is 5.73 Å². The summed E-state index contributed by atoms with van der Waals surface area (Å²) in [4.78, 5) is 14.4. The van der Waals surface area contributed by atoms with E-state index in [-0.39, 0.29) is 5.82 Å². The van der Waals surface area contributed by atoms with Crippen LogP contribution < -0.4 is 5.73 Å². The van der Waals surface area contributed by atoms with Gasteiger partial charge in [0, 0.05) is 0 Å². The molecule has 31 fully saturated rings. The molecule has 31 aliphatic rings. The molecule has 49 heteroatoms. The Morgan fingerprint density at radius 2 is 0.448 bits per heavy atom. The first kappa shape index (κ1) is 84.3. The largest absolute Gasteiger partial charge is 0.394 e. The van der Waals surface area contributed by atoms with Crippen molar-refractivity contribution in [3.63, 3.8) is 0 Å². The van der Waals surface area contributed by atoms with Gasteiger partial charge in [0.1, 0.15) is 220 Å². The van der Waals surface area contributed by atoms with E-state index >= 15 is 0 Å². The predicted octanol–water partition coefficient (Wildman–Crippen LogP) is -20.4. The fraction of sp³-hybridized carbons (Fsp3) is 0.946. The second-order valence-electron chi connectivity index (χ2n) is 26.1. The summed E-state index contributed by atoms with van der Waals surface area (Å²) in [6.45, 7) is -9.08. The van der Waals surface area contributed by atoms with Crippen molar-refractivity contribution >= 4 is 5.91 Å². The van der Waals surface area contributed by atoms with E-state index in [1.165, 1.54) is 0 Å². The van der Waals surface area contributed by atoms with E-state index in [2.05, 4.69) is 10.1 Å². The third kappa shape index (κ3) is 17.1. The van der Waals surface area contributed by atoms with Gasteiger partial charge in [0.15, 0.2) is 56.5 Å². The summed E-state index contributed by atoms with van der Waals surface area (Å²) in [5.41, 5.74) is 4.97. The van der Waals surface area contributed by atoms with Crippen LogP contribution in [0.2, 0.25) is 0 Å². The zero-order valence-corrected chi connectivity index (χ0v) is 54.7. The van der Waals surface area contributed by atoms with E-state index in [9.17, 15) is 138 Å². The number of hydrogen-bond donors (Lipinski definition) is 28. The van der Waals surface area contributed by atoms with Crippen LogP contribution in [-0.4, -0.2) is 482 Å². The zero-order chi connectivity index (χ0) is 76.6. The summed E-state index contributed by atoms with van der Waals surface area (Å²) in [5.74, 6) is -1.03. The van der Waals surface area contributed by atoms with Crippen LogP contribution in [0.25, 0.3) is 0 Å². The van der Waals surface area contributed by atoms with E-state index in [0.29, 0.717) is 0 Å². The van der Waals surface area contributed by atoms with Gasteiger partial charge in [0.05, 0.1) is 59.5 Å². The van der Waals surface area contributed by atoms with Gasteiger partial charge in [-0.25, -0.2) is 9.67 Å². The highest BCUT2D eigenvalue weighted by molar-refractivity contribution is 5.88. The molecular weight excluding hydrogens is 1450 g/mol. The Balaban J connectivity index is 0.000000606. The number of aliphatic hydroxyl groups excluding tert-OH is 27. The summed E-state index contributed by atoms with van der Waals surface area (Å²) in [5, 5.41) is 297. The predicted molar refractivity (Wildman–Crippen MR) is 313 cm³/mol. The van der Waals surface area contributed by atoms with Crippen molar-refractivity contribution < 1.29 is 223 Å². The number of nitrogens with zero attached hydrogens (tertiary/aromatic N) is 3. The van der Waals surface area contributed by atoms with Crippen LogP contribution in [0.5, 0.6) is 0 Å². The maximum Gasteiger partial charge on any atom is 0.288 e. The second kappa shape index (κ2) is 36.1. The van der Waals surface area contributed by atoms with E-state index in [0.717, 1.165) is 11.0 Å². The van der Waals surface area contributed by atoms with Crippen LogP contribution >= 0.6 is 0 Å². The third-order valence-corrected chi connectivity index (χ3v) is 19.4. The number of carbonyl (C=O) groups is 1. The maximum atomic E-state index is 11.4. The standard InChI is InChI=1S/C48H80O40.C8H12N4O5/c49-1-9-33-17(57)25(65)41(73-9)82-34-10(2-50)75-43(27(67)19(34)59)84-36-12(4-52)77-45(29(69)21(36)61)86-38-14(6-54)79-47(31(71)23(38)63)88-40-16(8-56)80-48(32(72)24(40)64)87-39-15(7-55)78-46(30(70)22(39)62)85-37-13(5-53)76-44(28(68)20(37)60)83-35-11(3-51)74-42(81-33)26(66)18(35)58;9-6(16)7-10-2-12(11-7)8-5(15)4(14)3(1-13)17-8/h9-72H,1-8H2;2-5,8,13-15H,1H2,(H2,9,16)/t;3-,4-,5-,8-/m.1/s1. The number of aromatic nitrogens is 3. The Kier molecular flexibility index (Phi) is 29.0. The van der Waals surface area contributed by atoms with Gasteiger partial charge < -0.3 is 224 Å². The molecule has 0 aliphatic carbocycles. The topological polar surface area (TPSA) is 777 Å². The lowest BCUT2D eigenvalue weighted by Gasteiger charge is -2.50. The van der Waals surface area contributed by atoms with Gasteiger partial charge in [-0.3, -0.25) is 4.79 Å². The highest BCUT2D eigenvalue weighted by Gasteiger charge is 2.61. The quantitative estimate of drug-likeness (QED) is 0.0978. The fourth-order valence-corrected chi connectivity index (χ4v) is 13.5. The monoisotopic (exact) mass is 1540 g/mol. The third-order valence-electron chi connectivity index (χ3n) is 19.4. The first-order valence-corrected chi connectivity index (χ1v) is 33.0. The summed E-state index contributed by atoms with van der Waals surface area (Å²) >= 11 is 0. The van der Waals surface area contributed by atoms with E-state index in [1.807, 2.05) is 0 Å². The molecule has 0 spiro atoms. The molecule has 1 aromatic rings.